The molecule has 1 aromatic heterocycles. The van der Waals surface area contributed by atoms with Gasteiger partial charge in [0.05, 0.1) is 0 Å². The van der Waals surface area contributed by atoms with E-state index >= 15 is 0 Å². The molecule has 8 heteroatoms. The molecule has 0 saturated carbocycles. The van der Waals surface area contributed by atoms with Crippen molar-refractivity contribution in [2.45, 2.75) is 13.3 Å². The first-order valence-corrected chi connectivity index (χ1v) is 7.04. The van der Waals surface area contributed by atoms with Crippen molar-refractivity contribution in [2.24, 2.45) is 0 Å². The van der Waals surface area contributed by atoms with E-state index in [1.54, 1.807) is 4.90 Å². The van der Waals surface area contributed by atoms with Crippen molar-refractivity contribution in [1.29, 1.82) is 0 Å². The van der Waals surface area contributed by atoms with Crippen molar-refractivity contribution >= 4 is 22.6 Å². The Labute approximate surface area is 124 Å². The van der Waals surface area contributed by atoms with E-state index in [1.807, 2.05) is 6.92 Å². The van der Waals surface area contributed by atoms with E-state index in [0.29, 0.717) is 11.7 Å². The number of rotatable bonds is 6. The van der Waals surface area contributed by atoms with Gasteiger partial charge in [0, 0.05) is 29.7 Å². The number of carbonyl (C=O) groups is 1. The molecule has 0 bridgehead atoms. The molecule has 0 aliphatic heterocycles. The predicted molar refractivity (Wildman–Crippen MR) is 75.4 cm³/mol. The van der Waals surface area contributed by atoms with Gasteiger partial charge in [0.2, 0.25) is 5.13 Å². The van der Waals surface area contributed by atoms with Crippen LogP contribution in [0.2, 0.25) is 0 Å². The van der Waals surface area contributed by atoms with Crippen LogP contribution in [0.1, 0.15) is 13.3 Å². The number of halogens is 2. The molecule has 112 valence electrons. The largest absolute Gasteiger partial charge is 0.480 e. The van der Waals surface area contributed by atoms with Crippen molar-refractivity contribution in [1.82, 2.24) is 9.36 Å². The fourth-order valence-corrected chi connectivity index (χ4v) is 2.53. The summed E-state index contributed by atoms with van der Waals surface area (Å²) in [5.74, 6) is -2.22. The van der Waals surface area contributed by atoms with Gasteiger partial charge in [-0.3, -0.25) is 4.79 Å². The molecule has 0 unspecified atom stereocenters. The first kappa shape index (κ1) is 15.3. The number of nitrogens with zero attached hydrogens (tertiary/aromatic N) is 3. The van der Waals surface area contributed by atoms with Crippen LogP contribution in [0.25, 0.3) is 11.4 Å². The summed E-state index contributed by atoms with van der Waals surface area (Å²) in [7, 11) is 0. The second-order valence-corrected chi connectivity index (χ2v) is 5.10. The minimum Gasteiger partial charge on any atom is -0.480 e. The molecule has 0 atom stereocenters. The zero-order valence-corrected chi connectivity index (χ0v) is 12.0. The smallest absolute Gasteiger partial charge is 0.323 e. The minimum atomic E-state index is -0.975. The summed E-state index contributed by atoms with van der Waals surface area (Å²) in [5, 5.41) is 9.30. The summed E-state index contributed by atoms with van der Waals surface area (Å²) in [6.07, 6.45) is 0.747. The third-order valence-corrected chi connectivity index (χ3v) is 3.40. The zero-order valence-electron chi connectivity index (χ0n) is 11.2. The van der Waals surface area contributed by atoms with Crippen molar-refractivity contribution in [2.75, 3.05) is 18.0 Å². The molecule has 2 aromatic rings. The van der Waals surface area contributed by atoms with Crippen LogP contribution < -0.4 is 4.90 Å². The Morgan fingerprint density at radius 3 is 2.57 bits per heavy atom. The third kappa shape index (κ3) is 3.94. The van der Waals surface area contributed by atoms with Crippen LogP contribution in [0.15, 0.2) is 18.2 Å². The van der Waals surface area contributed by atoms with Gasteiger partial charge >= 0.3 is 5.97 Å². The van der Waals surface area contributed by atoms with Gasteiger partial charge in [-0.25, -0.2) is 8.78 Å². The lowest BCUT2D eigenvalue weighted by atomic mass is 10.2. The number of benzene rings is 1. The van der Waals surface area contributed by atoms with Gasteiger partial charge in [-0.05, 0) is 18.6 Å². The minimum absolute atomic E-state index is 0.180. The van der Waals surface area contributed by atoms with E-state index in [1.165, 1.54) is 0 Å². The van der Waals surface area contributed by atoms with Crippen molar-refractivity contribution in [3.05, 3.63) is 29.8 Å². The summed E-state index contributed by atoms with van der Waals surface area (Å²) < 4.78 is 30.4. The number of hydrogen-bond acceptors (Lipinski definition) is 5. The van der Waals surface area contributed by atoms with Crippen molar-refractivity contribution in [3.63, 3.8) is 0 Å². The highest BCUT2D eigenvalue weighted by Crippen LogP contribution is 2.25. The van der Waals surface area contributed by atoms with Crippen LogP contribution in [-0.2, 0) is 4.79 Å². The zero-order chi connectivity index (χ0) is 15.4. The second-order valence-electron chi connectivity index (χ2n) is 4.37. The summed E-state index contributed by atoms with van der Waals surface area (Å²) in [5.41, 5.74) is 0.224. The van der Waals surface area contributed by atoms with E-state index in [-0.39, 0.29) is 17.9 Å². The molecule has 0 aliphatic carbocycles. The summed E-state index contributed by atoms with van der Waals surface area (Å²) in [6, 6.07) is 3.04. The highest BCUT2D eigenvalue weighted by atomic mass is 32.1. The summed E-state index contributed by atoms with van der Waals surface area (Å²) in [6.45, 7) is 2.23. The van der Waals surface area contributed by atoms with Gasteiger partial charge in [-0.1, -0.05) is 6.92 Å². The SMILES string of the molecule is CCCN(CC(=O)O)c1nc(-c2cc(F)cc(F)c2)ns1. The van der Waals surface area contributed by atoms with Crippen LogP contribution in [-0.4, -0.2) is 33.5 Å². The van der Waals surface area contributed by atoms with Crippen LogP contribution in [0, 0.1) is 11.6 Å². The average Bonchev–Trinajstić information content (AvgIpc) is 2.86. The van der Waals surface area contributed by atoms with E-state index in [2.05, 4.69) is 9.36 Å². The molecule has 0 aliphatic rings. The molecular formula is C13H13F2N3O2S. The van der Waals surface area contributed by atoms with Gasteiger partial charge < -0.3 is 10.0 Å². The Kier molecular flexibility index (Phi) is 4.79. The van der Waals surface area contributed by atoms with Crippen LogP contribution >= 0.6 is 11.5 Å². The summed E-state index contributed by atoms with van der Waals surface area (Å²) >= 11 is 1.00. The van der Waals surface area contributed by atoms with Gasteiger partial charge in [-0.15, -0.1) is 0 Å². The van der Waals surface area contributed by atoms with Gasteiger partial charge in [0.1, 0.15) is 18.2 Å². The van der Waals surface area contributed by atoms with Gasteiger partial charge in [0.15, 0.2) is 5.82 Å². The molecule has 21 heavy (non-hydrogen) atoms. The molecule has 2 rings (SSSR count). The Balaban J connectivity index is 2.28. The molecule has 1 aromatic carbocycles. The fourth-order valence-electron chi connectivity index (χ4n) is 1.82. The fraction of sp³-hybridized carbons (Fsp3) is 0.308. The lowest BCUT2D eigenvalue weighted by Gasteiger charge is -2.17. The molecule has 1 heterocycles. The van der Waals surface area contributed by atoms with E-state index in [0.717, 1.165) is 36.2 Å². The lowest BCUT2D eigenvalue weighted by Crippen LogP contribution is -2.30. The number of hydrogen-bond donors (Lipinski definition) is 1. The molecule has 5 nitrogen and oxygen atoms in total. The number of aromatic nitrogens is 2. The van der Waals surface area contributed by atoms with Crippen LogP contribution in [0.5, 0.6) is 0 Å². The molecule has 0 amide bonds. The maximum absolute atomic E-state index is 13.2. The lowest BCUT2D eigenvalue weighted by molar-refractivity contribution is -0.135. The van der Waals surface area contributed by atoms with Crippen molar-refractivity contribution < 1.29 is 18.7 Å². The van der Waals surface area contributed by atoms with Gasteiger partial charge in [-0.2, -0.15) is 9.36 Å². The van der Waals surface area contributed by atoms with Crippen LogP contribution in [0.3, 0.4) is 0 Å². The summed E-state index contributed by atoms with van der Waals surface area (Å²) in [4.78, 5) is 16.6. The molecule has 0 fully saturated rings. The Hall–Kier alpha value is -2.09. The molecule has 0 spiro atoms. The predicted octanol–water partition coefficient (Wildman–Crippen LogP) is 2.78. The maximum atomic E-state index is 13.2. The molecule has 0 saturated heterocycles. The Morgan fingerprint density at radius 2 is 2.00 bits per heavy atom. The normalized spacial score (nSPS) is 10.6. The van der Waals surface area contributed by atoms with E-state index < -0.39 is 17.6 Å². The molecule has 0 radical (unpaired) electrons. The monoisotopic (exact) mass is 313 g/mol. The first-order chi connectivity index (χ1) is 9.99. The quantitative estimate of drug-likeness (QED) is 0.888. The second kappa shape index (κ2) is 6.57. The number of aliphatic carboxylic acids is 1. The number of carboxylic acids is 1. The Bertz CT molecular complexity index is 628. The first-order valence-electron chi connectivity index (χ1n) is 6.26. The van der Waals surface area contributed by atoms with Gasteiger partial charge in [0.25, 0.3) is 0 Å². The topological polar surface area (TPSA) is 66.3 Å². The highest BCUT2D eigenvalue weighted by molar-refractivity contribution is 7.09. The average molecular weight is 313 g/mol. The van der Waals surface area contributed by atoms with Crippen molar-refractivity contribution in [3.8, 4) is 11.4 Å². The molecule has 1 N–H and O–H groups in total. The van der Waals surface area contributed by atoms with Crippen LogP contribution in [0.4, 0.5) is 13.9 Å². The Morgan fingerprint density at radius 1 is 1.33 bits per heavy atom. The number of carboxylic acid groups (broad SMARTS) is 1. The van der Waals surface area contributed by atoms with E-state index in [4.69, 9.17) is 5.11 Å². The number of anilines is 1. The third-order valence-electron chi connectivity index (χ3n) is 2.63. The molecular weight excluding hydrogens is 300 g/mol. The highest BCUT2D eigenvalue weighted by Gasteiger charge is 2.16. The standard InChI is InChI=1S/C13H13F2N3O2S/c1-2-3-18(7-11(19)20)13-16-12(17-21-13)8-4-9(14)6-10(15)5-8/h4-6H,2-3,7H2,1H3,(H,19,20). The van der Waals surface area contributed by atoms with E-state index in [9.17, 15) is 13.6 Å². The maximum Gasteiger partial charge on any atom is 0.323 e.